The first kappa shape index (κ1) is 17.7. The molecule has 24 heavy (non-hydrogen) atoms. The first-order valence-corrected chi connectivity index (χ1v) is 6.05. The van der Waals surface area contributed by atoms with E-state index in [-0.39, 0.29) is 0 Å². The Morgan fingerprint density at radius 3 is 1.83 bits per heavy atom. The quantitative estimate of drug-likeness (QED) is 0.452. The Balaban J connectivity index is 2.88. The monoisotopic (exact) mass is 352 g/mol. The van der Waals surface area contributed by atoms with Gasteiger partial charge in [-0.15, -0.1) is 0 Å². The van der Waals surface area contributed by atoms with Gasteiger partial charge >= 0.3 is 6.18 Å². The molecule has 0 amide bonds. The van der Waals surface area contributed by atoms with Gasteiger partial charge in [0.1, 0.15) is 5.69 Å². The van der Waals surface area contributed by atoms with Gasteiger partial charge in [-0.25, -0.2) is 26.9 Å². The SMILES string of the molecule is N#CCc1ccc(C(F)(F)F)nc1-c1c(F)c(F)c(F)c(F)c1F. The number of hydrogen-bond acceptors (Lipinski definition) is 2. The Labute approximate surface area is 129 Å². The van der Waals surface area contributed by atoms with Gasteiger partial charge in [0, 0.05) is 0 Å². The van der Waals surface area contributed by atoms with E-state index in [4.69, 9.17) is 5.26 Å². The summed E-state index contributed by atoms with van der Waals surface area (Å²) in [6.07, 6.45) is -5.68. The fourth-order valence-electron chi connectivity index (χ4n) is 1.90. The Bertz CT molecular complexity index is 822. The highest BCUT2D eigenvalue weighted by atomic mass is 19.4. The first-order valence-electron chi connectivity index (χ1n) is 6.05. The van der Waals surface area contributed by atoms with Gasteiger partial charge in [0.25, 0.3) is 0 Å². The molecule has 0 unspecified atom stereocenters. The largest absolute Gasteiger partial charge is 0.433 e. The van der Waals surface area contributed by atoms with Gasteiger partial charge in [-0.3, -0.25) is 0 Å². The second kappa shape index (κ2) is 6.07. The maximum Gasteiger partial charge on any atom is 0.433 e. The topological polar surface area (TPSA) is 36.7 Å². The normalized spacial score (nSPS) is 11.5. The summed E-state index contributed by atoms with van der Waals surface area (Å²) in [5, 5.41) is 8.62. The number of alkyl halides is 3. The van der Waals surface area contributed by atoms with Crippen LogP contribution in [-0.2, 0) is 12.6 Å². The van der Waals surface area contributed by atoms with E-state index in [9.17, 15) is 35.1 Å². The minimum atomic E-state index is -5.02. The van der Waals surface area contributed by atoms with Crippen molar-refractivity contribution in [3.8, 4) is 17.3 Å². The van der Waals surface area contributed by atoms with Crippen LogP contribution >= 0.6 is 0 Å². The Morgan fingerprint density at radius 1 is 0.875 bits per heavy atom. The molecule has 0 aliphatic heterocycles. The lowest BCUT2D eigenvalue weighted by Crippen LogP contribution is -2.12. The zero-order valence-corrected chi connectivity index (χ0v) is 11.3. The summed E-state index contributed by atoms with van der Waals surface area (Å²) in [6.45, 7) is 0. The van der Waals surface area contributed by atoms with Crippen molar-refractivity contribution in [3.63, 3.8) is 0 Å². The molecule has 0 fully saturated rings. The highest BCUT2D eigenvalue weighted by Crippen LogP contribution is 2.35. The Hall–Kier alpha value is -2.70. The summed E-state index contributed by atoms with van der Waals surface area (Å²) in [4.78, 5) is 2.95. The maximum atomic E-state index is 13.8. The lowest BCUT2D eigenvalue weighted by Gasteiger charge is -2.13. The van der Waals surface area contributed by atoms with Crippen LogP contribution in [0.2, 0.25) is 0 Å². The maximum absolute atomic E-state index is 13.8. The molecule has 0 bridgehead atoms. The van der Waals surface area contributed by atoms with Crippen molar-refractivity contribution in [1.29, 1.82) is 5.26 Å². The average Bonchev–Trinajstić information content (AvgIpc) is 2.52. The second-order valence-corrected chi connectivity index (χ2v) is 4.48. The molecule has 0 atom stereocenters. The molecule has 2 rings (SSSR count). The van der Waals surface area contributed by atoms with Crippen LogP contribution in [0.15, 0.2) is 12.1 Å². The van der Waals surface area contributed by atoms with Crippen molar-refractivity contribution in [2.75, 3.05) is 0 Å². The van der Waals surface area contributed by atoms with E-state index in [1.807, 2.05) is 0 Å². The number of nitriles is 1. The summed E-state index contributed by atoms with van der Waals surface area (Å²) in [5.41, 5.74) is -4.79. The van der Waals surface area contributed by atoms with E-state index < -0.39 is 64.2 Å². The third kappa shape index (κ3) is 2.89. The summed E-state index contributed by atoms with van der Waals surface area (Å²) in [7, 11) is 0. The van der Waals surface area contributed by atoms with Gasteiger partial charge < -0.3 is 0 Å². The molecule has 10 heteroatoms. The summed E-state index contributed by atoms with van der Waals surface area (Å²) < 4.78 is 105. The molecule has 1 heterocycles. The van der Waals surface area contributed by atoms with Crippen LogP contribution in [0.1, 0.15) is 11.3 Å². The van der Waals surface area contributed by atoms with Crippen molar-refractivity contribution in [2.45, 2.75) is 12.6 Å². The molecule has 0 aliphatic rings. The van der Waals surface area contributed by atoms with Crippen molar-refractivity contribution in [2.24, 2.45) is 0 Å². The van der Waals surface area contributed by atoms with Gasteiger partial charge in [0.05, 0.1) is 23.7 Å². The van der Waals surface area contributed by atoms with Crippen LogP contribution in [0.4, 0.5) is 35.1 Å². The van der Waals surface area contributed by atoms with Crippen molar-refractivity contribution in [1.82, 2.24) is 4.98 Å². The Morgan fingerprint density at radius 2 is 1.38 bits per heavy atom. The summed E-state index contributed by atoms with van der Waals surface area (Å²) in [5.74, 6) is -11.8. The molecule has 126 valence electrons. The first-order chi connectivity index (χ1) is 11.1. The lowest BCUT2D eigenvalue weighted by atomic mass is 10.0. The van der Waals surface area contributed by atoms with Gasteiger partial charge in [0.2, 0.25) is 5.82 Å². The van der Waals surface area contributed by atoms with Crippen molar-refractivity contribution < 1.29 is 35.1 Å². The van der Waals surface area contributed by atoms with Crippen LogP contribution in [0.5, 0.6) is 0 Å². The van der Waals surface area contributed by atoms with E-state index in [0.717, 1.165) is 0 Å². The number of halogens is 8. The zero-order chi connectivity index (χ0) is 18.2. The van der Waals surface area contributed by atoms with Crippen molar-refractivity contribution in [3.05, 3.63) is 52.5 Å². The van der Waals surface area contributed by atoms with Gasteiger partial charge in [0.15, 0.2) is 23.3 Å². The predicted molar refractivity (Wildman–Crippen MR) is 63.8 cm³/mol. The Kier molecular flexibility index (Phi) is 4.46. The second-order valence-electron chi connectivity index (χ2n) is 4.48. The summed E-state index contributed by atoms with van der Waals surface area (Å²) >= 11 is 0. The molecule has 0 saturated heterocycles. The number of rotatable bonds is 2. The molecular formula is C14H4F8N2. The zero-order valence-electron chi connectivity index (χ0n) is 11.3. The molecule has 2 aromatic rings. The van der Waals surface area contributed by atoms with Gasteiger partial charge in [-0.05, 0) is 11.6 Å². The minimum Gasteiger partial charge on any atom is -0.243 e. The molecule has 0 spiro atoms. The molecular weight excluding hydrogens is 348 g/mol. The number of pyridine rings is 1. The van der Waals surface area contributed by atoms with Crippen LogP contribution in [0.3, 0.4) is 0 Å². The van der Waals surface area contributed by atoms with E-state index in [1.54, 1.807) is 0 Å². The van der Waals surface area contributed by atoms with Gasteiger partial charge in [-0.2, -0.15) is 18.4 Å². The number of benzene rings is 1. The highest BCUT2D eigenvalue weighted by Gasteiger charge is 2.35. The predicted octanol–water partition coefficient (Wildman–Crippen LogP) is 4.53. The molecule has 0 aliphatic carbocycles. The third-order valence-electron chi connectivity index (χ3n) is 2.99. The number of nitrogens with zero attached hydrogens (tertiary/aromatic N) is 2. The van der Waals surface area contributed by atoms with E-state index >= 15 is 0 Å². The van der Waals surface area contributed by atoms with Crippen molar-refractivity contribution >= 4 is 0 Å². The van der Waals surface area contributed by atoms with Crippen LogP contribution in [0, 0.1) is 40.4 Å². The fraction of sp³-hybridized carbons (Fsp3) is 0.143. The van der Waals surface area contributed by atoms with E-state index in [0.29, 0.717) is 12.1 Å². The van der Waals surface area contributed by atoms with Crippen LogP contribution in [0.25, 0.3) is 11.3 Å². The van der Waals surface area contributed by atoms with E-state index in [1.165, 1.54) is 6.07 Å². The molecule has 1 aromatic heterocycles. The number of hydrogen-bond donors (Lipinski definition) is 0. The molecule has 0 N–H and O–H groups in total. The van der Waals surface area contributed by atoms with Crippen LogP contribution < -0.4 is 0 Å². The van der Waals surface area contributed by atoms with E-state index in [2.05, 4.69) is 4.98 Å². The standard InChI is InChI=1S/C14H4F8N2/c15-8-7(9(16)11(18)12(19)10(8)17)13-5(3-4-23)1-2-6(24-13)14(20,21)22/h1-2H,3H2. The molecule has 1 aromatic carbocycles. The third-order valence-corrected chi connectivity index (χ3v) is 2.99. The molecule has 0 saturated carbocycles. The minimum absolute atomic E-state index is 0.422. The number of aromatic nitrogens is 1. The fourth-order valence-corrected chi connectivity index (χ4v) is 1.90. The average molecular weight is 352 g/mol. The summed E-state index contributed by atoms with van der Waals surface area (Å²) in [6, 6.07) is 2.62. The molecule has 0 radical (unpaired) electrons. The lowest BCUT2D eigenvalue weighted by molar-refractivity contribution is -0.141. The molecule has 2 nitrogen and oxygen atoms in total. The smallest absolute Gasteiger partial charge is 0.243 e. The van der Waals surface area contributed by atoms with Crippen LogP contribution in [-0.4, -0.2) is 4.98 Å². The highest BCUT2D eigenvalue weighted by molar-refractivity contribution is 5.66. The van der Waals surface area contributed by atoms with Gasteiger partial charge in [-0.1, -0.05) is 6.07 Å².